The van der Waals surface area contributed by atoms with Crippen LogP contribution in [0.3, 0.4) is 0 Å². The maximum atomic E-state index is 12.8. The quantitative estimate of drug-likeness (QED) is 0.534. The number of carbonyl (C=O) groups excluding carboxylic acids is 3. The molecule has 0 bridgehead atoms. The summed E-state index contributed by atoms with van der Waals surface area (Å²) in [7, 11) is 1.31. The van der Waals surface area contributed by atoms with Crippen molar-refractivity contribution in [1.82, 2.24) is 4.90 Å². The molecule has 30 heavy (non-hydrogen) atoms. The van der Waals surface area contributed by atoms with Gasteiger partial charge in [-0.05, 0) is 30.5 Å². The normalized spacial score (nSPS) is 18.4. The predicted molar refractivity (Wildman–Crippen MR) is 109 cm³/mol. The minimum Gasteiger partial charge on any atom is -0.469 e. The molecule has 2 atom stereocenters. The molecule has 158 valence electrons. The molecule has 0 aromatic heterocycles. The van der Waals surface area contributed by atoms with Gasteiger partial charge in [0, 0.05) is 6.04 Å². The number of esters is 2. The fourth-order valence-electron chi connectivity index (χ4n) is 3.40. The number of likely N-dealkylation sites (tertiary alicyclic amines) is 1. The second-order valence-electron chi connectivity index (χ2n) is 7.10. The second-order valence-corrected chi connectivity index (χ2v) is 7.10. The minimum atomic E-state index is -0.548. The Morgan fingerprint density at radius 3 is 2.30 bits per heavy atom. The van der Waals surface area contributed by atoms with Gasteiger partial charge in [0.15, 0.2) is 0 Å². The van der Waals surface area contributed by atoms with E-state index in [-0.39, 0.29) is 25.6 Å². The van der Waals surface area contributed by atoms with Crippen LogP contribution in [-0.2, 0) is 25.6 Å². The lowest BCUT2D eigenvalue weighted by Gasteiger charge is -2.38. The molecule has 0 aliphatic carbocycles. The first-order valence-electron chi connectivity index (χ1n) is 9.87. The molecule has 1 fully saturated rings. The van der Waals surface area contributed by atoms with Crippen LogP contribution in [0.15, 0.2) is 60.7 Å². The number of ether oxygens (including phenoxy) is 3. The van der Waals surface area contributed by atoms with Crippen molar-refractivity contribution >= 4 is 18.0 Å². The van der Waals surface area contributed by atoms with E-state index < -0.39 is 24.1 Å². The van der Waals surface area contributed by atoms with Crippen molar-refractivity contribution in [2.75, 3.05) is 13.7 Å². The molecule has 1 saturated heterocycles. The van der Waals surface area contributed by atoms with Gasteiger partial charge in [-0.15, -0.1) is 0 Å². The van der Waals surface area contributed by atoms with Gasteiger partial charge in [-0.3, -0.25) is 4.79 Å². The zero-order chi connectivity index (χ0) is 21.3. The lowest BCUT2D eigenvalue weighted by molar-refractivity contribution is -0.142. The van der Waals surface area contributed by atoms with Crippen molar-refractivity contribution in [1.29, 1.82) is 0 Å². The maximum Gasteiger partial charge on any atom is 0.410 e. The smallest absolute Gasteiger partial charge is 0.410 e. The molecular formula is C23H25NO6. The molecule has 1 amide bonds. The fourth-order valence-corrected chi connectivity index (χ4v) is 3.40. The molecule has 1 aliphatic heterocycles. The van der Waals surface area contributed by atoms with Crippen LogP contribution in [0.1, 0.15) is 35.2 Å². The first kappa shape index (κ1) is 21.4. The summed E-state index contributed by atoms with van der Waals surface area (Å²) in [4.78, 5) is 38.4. The highest BCUT2D eigenvalue weighted by molar-refractivity contribution is 5.89. The number of benzene rings is 2. The van der Waals surface area contributed by atoms with Gasteiger partial charge in [0.1, 0.15) is 12.7 Å². The highest BCUT2D eigenvalue weighted by Crippen LogP contribution is 2.24. The molecule has 7 nitrogen and oxygen atoms in total. The van der Waals surface area contributed by atoms with Crippen LogP contribution in [0.2, 0.25) is 0 Å². The first-order chi connectivity index (χ1) is 14.6. The van der Waals surface area contributed by atoms with Crippen molar-refractivity contribution in [3.8, 4) is 0 Å². The topological polar surface area (TPSA) is 82.1 Å². The highest BCUT2D eigenvalue weighted by atomic mass is 16.6. The molecule has 0 N–H and O–H groups in total. The van der Waals surface area contributed by atoms with Crippen LogP contribution >= 0.6 is 0 Å². The third-order valence-corrected chi connectivity index (χ3v) is 5.02. The summed E-state index contributed by atoms with van der Waals surface area (Å²) in [5, 5.41) is 0. The van der Waals surface area contributed by atoms with Crippen LogP contribution in [0.5, 0.6) is 0 Å². The molecule has 2 unspecified atom stereocenters. The lowest BCUT2D eigenvalue weighted by Crippen LogP contribution is -2.50. The van der Waals surface area contributed by atoms with Gasteiger partial charge in [0.25, 0.3) is 0 Å². The van der Waals surface area contributed by atoms with E-state index in [1.807, 2.05) is 36.4 Å². The van der Waals surface area contributed by atoms with Crippen molar-refractivity contribution in [3.63, 3.8) is 0 Å². The summed E-state index contributed by atoms with van der Waals surface area (Å²) >= 11 is 0. The molecular weight excluding hydrogens is 386 g/mol. The Bertz CT molecular complexity index is 855. The van der Waals surface area contributed by atoms with Crippen LogP contribution < -0.4 is 0 Å². The number of rotatable bonds is 6. The average molecular weight is 411 g/mol. The molecule has 3 rings (SSSR count). The van der Waals surface area contributed by atoms with Gasteiger partial charge in [-0.2, -0.15) is 0 Å². The zero-order valence-corrected chi connectivity index (χ0v) is 16.9. The monoisotopic (exact) mass is 411 g/mol. The van der Waals surface area contributed by atoms with Crippen molar-refractivity contribution in [2.24, 2.45) is 0 Å². The predicted octanol–water partition coefficient (Wildman–Crippen LogP) is 3.58. The Labute approximate surface area is 175 Å². The van der Waals surface area contributed by atoms with E-state index in [2.05, 4.69) is 0 Å². The lowest BCUT2D eigenvalue weighted by atomic mass is 9.98. The maximum absolute atomic E-state index is 12.8. The van der Waals surface area contributed by atoms with E-state index in [0.29, 0.717) is 18.4 Å². The Hall–Kier alpha value is -3.35. The van der Waals surface area contributed by atoms with Gasteiger partial charge in [0.2, 0.25) is 0 Å². The zero-order valence-electron chi connectivity index (χ0n) is 16.9. The summed E-state index contributed by atoms with van der Waals surface area (Å²) in [6.07, 6.45) is 0.0884. The second kappa shape index (κ2) is 10.4. The van der Waals surface area contributed by atoms with Crippen LogP contribution in [0.25, 0.3) is 0 Å². The van der Waals surface area contributed by atoms with E-state index in [0.717, 1.165) is 5.56 Å². The van der Waals surface area contributed by atoms with Gasteiger partial charge in [0.05, 0.1) is 25.6 Å². The van der Waals surface area contributed by atoms with Gasteiger partial charge < -0.3 is 19.1 Å². The molecule has 7 heteroatoms. The summed E-state index contributed by atoms with van der Waals surface area (Å²) in [6, 6.07) is 17.7. The minimum absolute atomic E-state index is 0.0658. The number of piperidine rings is 1. The Morgan fingerprint density at radius 2 is 1.63 bits per heavy atom. The third-order valence-electron chi connectivity index (χ3n) is 5.02. The SMILES string of the molecule is COC(=O)CC1CCC(OC(=O)c2ccccc2)CN1C(=O)OCc1ccccc1. The molecule has 1 heterocycles. The Balaban J connectivity index is 1.65. The first-order valence-corrected chi connectivity index (χ1v) is 9.87. The molecule has 2 aromatic rings. The summed E-state index contributed by atoms with van der Waals surface area (Å²) in [5.41, 5.74) is 1.31. The number of nitrogens with zero attached hydrogens (tertiary/aromatic N) is 1. The van der Waals surface area contributed by atoms with E-state index in [9.17, 15) is 14.4 Å². The summed E-state index contributed by atoms with van der Waals surface area (Å²) in [5.74, 6) is -0.842. The van der Waals surface area contributed by atoms with Gasteiger partial charge in [-0.25, -0.2) is 9.59 Å². The molecule has 0 radical (unpaired) electrons. The van der Waals surface area contributed by atoms with Crippen LogP contribution in [-0.4, -0.2) is 48.7 Å². The Kier molecular flexibility index (Phi) is 7.43. The van der Waals surface area contributed by atoms with Crippen molar-refractivity contribution < 1.29 is 28.6 Å². The number of hydrogen-bond acceptors (Lipinski definition) is 6. The van der Waals surface area contributed by atoms with Gasteiger partial charge >= 0.3 is 18.0 Å². The standard InChI is InChI=1S/C23H25NO6/c1-28-21(25)14-19-12-13-20(30-22(26)18-10-6-3-7-11-18)15-24(19)23(27)29-16-17-8-4-2-5-9-17/h2-11,19-20H,12-16H2,1H3. The van der Waals surface area contributed by atoms with Crippen LogP contribution in [0.4, 0.5) is 4.79 Å². The van der Waals surface area contributed by atoms with E-state index in [4.69, 9.17) is 14.2 Å². The number of amides is 1. The number of methoxy groups -OCH3 is 1. The highest BCUT2D eigenvalue weighted by Gasteiger charge is 2.36. The van der Waals surface area contributed by atoms with Crippen molar-refractivity contribution in [3.05, 3.63) is 71.8 Å². The van der Waals surface area contributed by atoms with E-state index in [1.165, 1.54) is 12.0 Å². The summed E-state index contributed by atoms with van der Waals surface area (Å²) < 4.78 is 15.8. The summed E-state index contributed by atoms with van der Waals surface area (Å²) in [6.45, 7) is 0.281. The number of hydrogen-bond donors (Lipinski definition) is 0. The molecule has 1 aliphatic rings. The third kappa shape index (κ3) is 5.83. The molecule has 0 spiro atoms. The van der Waals surface area contributed by atoms with Gasteiger partial charge in [-0.1, -0.05) is 48.5 Å². The van der Waals surface area contributed by atoms with Crippen molar-refractivity contribution in [2.45, 2.75) is 38.0 Å². The van der Waals surface area contributed by atoms with E-state index >= 15 is 0 Å². The Morgan fingerprint density at radius 1 is 0.967 bits per heavy atom. The average Bonchev–Trinajstić information content (AvgIpc) is 2.79. The number of carbonyl (C=O) groups is 3. The molecule has 2 aromatic carbocycles. The fraction of sp³-hybridized carbons (Fsp3) is 0.348. The van der Waals surface area contributed by atoms with Crippen LogP contribution in [0, 0.1) is 0 Å². The largest absolute Gasteiger partial charge is 0.469 e. The molecule has 0 saturated carbocycles. The van der Waals surface area contributed by atoms with E-state index in [1.54, 1.807) is 24.3 Å².